The summed E-state index contributed by atoms with van der Waals surface area (Å²) in [7, 11) is 0. The van der Waals surface area contributed by atoms with E-state index in [1.807, 2.05) is 0 Å². The zero-order chi connectivity index (χ0) is 13.9. The molecule has 4 bridgehead atoms. The molecule has 118 valence electrons. The van der Waals surface area contributed by atoms with Gasteiger partial charge in [0, 0.05) is 24.7 Å². The Hall–Kier alpha value is -0.120. The fourth-order valence-electron chi connectivity index (χ4n) is 6.24. The maximum Gasteiger partial charge on any atom is 0.210 e. The quantitative estimate of drug-likeness (QED) is 0.613. The minimum absolute atomic E-state index is 0.368. The van der Waals surface area contributed by atoms with Crippen LogP contribution in [-0.4, -0.2) is 11.6 Å². The molecular weight excluding hydrogens is 264 g/mol. The molecule has 2 spiro atoms. The van der Waals surface area contributed by atoms with Crippen LogP contribution in [0.25, 0.3) is 0 Å². The highest BCUT2D eigenvalue weighted by Crippen LogP contribution is 2.63. The Balaban J connectivity index is 1.41. The van der Waals surface area contributed by atoms with Gasteiger partial charge in [0.2, 0.25) is 11.6 Å². The fraction of sp³-hybridized carbons (Fsp3) is 1.00. The van der Waals surface area contributed by atoms with E-state index >= 15 is 0 Å². The Morgan fingerprint density at radius 3 is 1.81 bits per heavy atom. The summed E-state index contributed by atoms with van der Waals surface area (Å²) in [6, 6.07) is 0. The number of ether oxygens (including phenoxy) is 1. The summed E-state index contributed by atoms with van der Waals surface area (Å²) in [4.78, 5) is 12.1. The summed E-state index contributed by atoms with van der Waals surface area (Å²) < 4.78 is 6.75. The summed E-state index contributed by atoms with van der Waals surface area (Å²) >= 11 is 0. The van der Waals surface area contributed by atoms with Crippen molar-refractivity contribution in [2.24, 2.45) is 23.7 Å². The summed E-state index contributed by atoms with van der Waals surface area (Å²) in [5.74, 6) is 2.30. The van der Waals surface area contributed by atoms with Crippen molar-refractivity contribution in [2.75, 3.05) is 0 Å². The molecule has 6 aliphatic rings. The topological polar surface area (TPSA) is 27.7 Å². The van der Waals surface area contributed by atoms with Crippen LogP contribution in [0.4, 0.5) is 0 Å². The molecule has 0 aromatic heterocycles. The van der Waals surface area contributed by atoms with Crippen LogP contribution in [0, 0.1) is 23.7 Å². The second-order valence-electron chi connectivity index (χ2n) is 8.47. The molecule has 0 N–H and O–H groups in total. The van der Waals surface area contributed by atoms with Crippen molar-refractivity contribution in [2.45, 2.75) is 88.6 Å². The highest BCUT2D eigenvalue weighted by Gasteiger charge is 2.66. The van der Waals surface area contributed by atoms with E-state index in [1.165, 1.54) is 64.2 Å². The minimum Gasteiger partial charge on any atom is -0.312 e. The van der Waals surface area contributed by atoms with Gasteiger partial charge in [-0.1, -0.05) is 19.3 Å². The molecule has 3 heteroatoms. The molecule has 6 fully saturated rings. The lowest BCUT2D eigenvalue weighted by Crippen LogP contribution is -2.59. The van der Waals surface area contributed by atoms with Crippen molar-refractivity contribution in [3.63, 3.8) is 0 Å². The molecule has 1 heterocycles. The minimum atomic E-state index is -0.407. The first kappa shape index (κ1) is 13.3. The van der Waals surface area contributed by atoms with Crippen molar-refractivity contribution in [3.05, 3.63) is 0 Å². The molecule has 0 aromatic rings. The highest BCUT2D eigenvalue weighted by atomic mass is 17.3. The zero-order valence-electron chi connectivity index (χ0n) is 13.0. The molecule has 1 saturated heterocycles. The molecule has 5 saturated carbocycles. The Morgan fingerprint density at radius 2 is 1.19 bits per heavy atom. The Labute approximate surface area is 127 Å². The van der Waals surface area contributed by atoms with Crippen molar-refractivity contribution in [1.82, 2.24) is 0 Å². The molecule has 5 aliphatic carbocycles. The lowest BCUT2D eigenvalue weighted by molar-refractivity contribution is -0.389. The first-order chi connectivity index (χ1) is 10.3. The van der Waals surface area contributed by atoms with E-state index in [0.717, 1.165) is 24.7 Å². The van der Waals surface area contributed by atoms with Crippen LogP contribution >= 0.6 is 0 Å². The van der Waals surface area contributed by atoms with Gasteiger partial charge in [-0.3, -0.25) is 0 Å². The lowest BCUT2D eigenvalue weighted by atomic mass is 9.53. The monoisotopic (exact) mass is 292 g/mol. The van der Waals surface area contributed by atoms with Crippen molar-refractivity contribution in [1.29, 1.82) is 0 Å². The van der Waals surface area contributed by atoms with E-state index in [-0.39, 0.29) is 5.79 Å². The second kappa shape index (κ2) is 4.69. The highest BCUT2D eigenvalue weighted by molar-refractivity contribution is 5.05. The SMILES string of the molecule is C1CCCC2(CCC1)OOC1(O2)C2CC3CC(C2)CC1C3. The predicted octanol–water partition coefficient (Wildman–Crippen LogP) is 4.56. The Morgan fingerprint density at radius 1 is 0.619 bits per heavy atom. The Bertz CT molecular complexity index is 383. The molecule has 3 nitrogen and oxygen atoms in total. The van der Waals surface area contributed by atoms with Gasteiger partial charge in [-0.15, -0.1) is 0 Å². The smallest absolute Gasteiger partial charge is 0.210 e. The van der Waals surface area contributed by atoms with Gasteiger partial charge in [-0.2, -0.15) is 9.78 Å². The van der Waals surface area contributed by atoms with Crippen LogP contribution < -0.4 is 0 Å². The predicted molar refractivity (Wildman–Crippen MR) is 78.1 cm³/mol. The number of rotatable bonds is 0. The van der Waals surface area contributed by atoms with Gasteiger partial charge >= 0.3 is 0 Å². The van der Waals surface area contributed by atoms with Crippen LogP contribution in [-0.2, 0) is 14.5 Å². The van der Waals surface area contributed by atoms with Gasteiger partial charge in [0.1, 0.15) is 0 Å². The second-order valence-corrected chi connectivity index (χ2v) is 8.47. The third-order valence-electron chi connectivity index (χ3n) is 7.06. The third-order valence-corrected chi connectivity index (χ3v) is 7.06. The lowest BCUT2D eigenvalue weighted by Gasteiger charge is -2.57. The average Bonchev–Trinajstić information content (AvgIpc) is 2.82. The van der Waals surface area contributed by atoms with Crippen LogP contribution in [0.5, 0.6) is 0 Å². The first-order valence-electron chi connectivity index (χ1n) is 9.35. The van der Waals surface area contributed by atoms with Crippen molar-refractivity contribution >= 4 is 0 Å². The molecule has 21 heavy (non-hydrogen) atoms. The zero-order valence-corrected chi connectivity index (χ0v) is 13.0. The standard InChI is InChI=1S/C18H28O3/c1-2-4-6-17(7-5-3-1)19-18(21-20-17)15-9-13-8-14(11-15)12-16(18)10-13/h13-16H,1-12H2. The molecule has 0 radical (unpaired) electrons. The van der Waals surface area contributed by atoms with Crippen LogP contribution in [0.1, 0.15) is 77.0 Å². The van der Waals surface area contributed by atoms with Gasteiger partial charge in [0.05, 0.1) is 0 Å². The molecule has 1 aliphatic heterocycles. The van der Waals surface area contributed by atoms with E-state index in [9.17, 15) is 0 Å². The maximum atomic E-state index is 6.75. The summed E-state index contributed by atoms with van der Waals surface area (Å²) in [6.07, 6.45) is 15.2. The van der Waals surface area contributed by atoms with E-state index in [2.05, 4.69) is 0 Å². The van der Waals surface area contributed by atoms with Gasteiger partial charge in [-0.05, 0) is 56.8 Å². The number of hydrogen-bond donors (Lipinski definition) is 0. The van der Waals surface area contributed by atoms with E-state index in [4.69, 9.17) is 14.5 Å². The third kappa shape index (κ3) is 1.96. The van der Waals surface area contributed by atoms with Crippen LogP contribution in [0.15, 0.2) is 0 Å². The molecule has 0 aromatic carbocycles. The molecule has 0 atom stereocenters. The summed E-state index contributed by atoms with van der Waals surface area (Å²) in [5, 5.41) is 0. The fourth-order valence-corrected chi connectivity index (χ4v) is 6.24. The summed E-state index contributed by atoms with van der Waals surface area (Å²) in [6.45, 7) is 0. The van der Waals surface area contributed by atoms with Gasteiger partial charge in [0.25, 0.3) is 0 Å². The van der Waals surface area contributed by atoms with Gasteiger partial charge in [-0.25, -0.2) is 0 Å². The molecule has 0 amide bonds. The van der Waals surface area contributed by atoms with Crippen molar-refractivity contribution in [3.8, 4) is 0 Å². The Kier molecular flexibility index (Phi) is 2.98. The van der Waals surface area contributed by atoms with E-state index < -0.39 is 5.79 Å². The van der Waals surface area contributed by atoms with Crippen LogP contribution in [0.3, 0.4) is 0 Å². The molecule has 0 unspecified atom stereocenters. The van der Waals surface area contributed by atoms with Gasteiger partial charge < -0.3 is 4.74 Å². The maximum absolute atomic E-state index is 6.75. The molecule has 6 rings (SSSR count). The normalized spacial score (nSPS) is 51.4. The largest absolute Gasteiger partial charge is 0.312 e. The molecular formula is C18H28O3. The van der Waals surface area contributed by atoms with E-state index in [0.29, 0.717) is 11.8 Å². The van der Waals surface area contributed by atoms with Crippen molar-refractivity contribution < 1.29 is 14.5 Å². The van der Waals surface area contributed by atoms with E-state index in [1.54, 1.807) is 0 Å². The van der Waals surface area contributed by atoms with Gasteiger partial charge in [0.15, 0.2) is 0 Å². The summed E-state index contributed by atoms with van der Waals surface area (Å²) in [5.41, 5.74) is 0. The number of hydrogen-bond acceptors (Lipinski definition) is 3. The van der Waals surface area contributed by atoms with Crippen LogP contribution in [0.2, 0.25) is 0 Å². The average molecular weight is 292 g/mol. The first-order valence-corrected chi connectivity index (χ1v) is 9.35.